The first-order chi connectivity index (χ1) is 12.9. The predicted octanol–water partition coefficient (Wildman–Crippen LogP) is 4.53. The van der Waals surface area contributed by atoms with E-state index in [4.69, 9.17) is 18.6 Å². The Labute approximate surface area is 156 Å². The number of aryl methyl sites for hydroxylation is 2. The molecule has 6 nitrogen and oxygen atoms in total. The number of fused-ring (bicyclic) bond motifs is 1. The van der Waals surface area contributed by atoms with Crippen molar-refractivity contribution in [1.29, 1.82) is 0 Å². The van der Waals surface area contributed by atoms with Crippen LogP contribution in [0.5, 0.6) is 23.0 Å². The van der Waals surface area contributed by atoms with Gasteiger partial charge in [0.25, 0.3) is 0 Å². The molecular formula is C21H20O6. The number of hydrogen-bond donors (Lipinski definition) is 0. The lowest BCUT2D eigenvalue weighted by atomic mass is 10.1. The number of esters is 1. The molecule has 0 aliphatic rings. The minimum Gasteiger partial charge on any atom is -0.494 e. The predicted molar refractivity (Wildman–Crippen MR) is 101 cm³/mol. The van der Waals surface area contributed by atoms with Crippen molar-refractivity contribution in [3.63, 3.8) is 0 Å². The summed E-state index contributed by atoms with van der Waals surface area (Å²) in [5.74, 6) is 1.60. The lowest BCUT2D eigenvalue weighted by Gasteiger charge is -2.12. The summed E-state index contributed by atoms with van der Waals surface area (Å²) in [6.07, 6.45) is 0. The second-order valence-corrected chi connectivity index (χ2v) is 5.98. The van der Waals surface area contributed by atoms with Gasteiger partial charge in [-0.2, -0.15) is 0 Å². The molecule has 140 valence electrons. The third-order valence-electron chi connectivity index (χ3n) is 3.99. The number of benzene rings is 2. The molecule has 0 aliphatic carbocycles. The Bertz CT molecular complexity index is 1050. The summed E-state index contributed by atoms with van der Waals surface area (Å²) < 4.78 is 22.1. The second kappa shape index (κ2) is 7.53. The molecule has 6 heteroatoms. The van der Waals surface area contributed by atoms with Crippen LogP contribution in [-0.2, 0) is 4.79 Å². The van der Waals surface area contributed by atoms with Crippen molar-refractivity contribution < 1.29 is 23.4 Å². The van der Waals surface area contributed by atoms with Gasteiger partial charge < -0.3 is 18.6 Å². The van der Waals surface area contributed by atoms with E-state index in [-0.39, 0.29) is 11.2 Å². The average molecular weight is 368 g/mol. The van der Waals surface area contributed by atoms with Gasteiger partial charge in [-0.05, 0) is 57.2 Å². The molecule has 0 atom stereocenters. The van der Waals surface area contributed by atoms with E-state index >= 15 is 0 Å². The largest absolute Gasteiger partial charge is 0.494 e. The van der Waals surface area contributed by atoms with Gasteiger partial charge in [0.15, 0.2) is 0 Å². The molecule has 0 saturated heterocycles. The number of rotatable bonds is 5. The molecule has 0 saturated carbocycles. The smallest absolute Gasteiger partial charge is 0.308 e. The first-order valence-corrected chi connectivity index (χ1v) is 8.56. The number of carbonyl (C=O) groups is 1. The number of carbonyl (C=O) groups excluding carboxylic acids is 1. The first-order valence-electron chi connectivity index (χ1n) is 8.56. The van der Waals surface area contributed by atoms with Gasteiger partial charge in [-0.25, -0.2) is 0 Å². The Kier molecular flexibility index (Phi) is 5.16. The molecule has 27 heavy (non-hydrogen) atoms. The quantitative estimate of drug-likeness (QED) is 0.487. The van der Waals surface area contributed by atoms with E-state index in [0.29, 0.717) is 40.4 Å². The zero-order valence-electron chi connectivity index (χ0n) is 15.6. The topological polar surface area (TPSA) is 75.0 Å². The normalized spacial score (nSPS) is 10.7. The molecule has 0 aliphatic heterocycles. The first kappa shape index (κ1) is 18.5. The van der Waals surface area contributed by atoms with Crippen LogP contribution in [0.25, 0.3) is 11.0 Å². The zero-order chi connectivity index (χ0) is 19.6. The van der Waals surface area contributed by atoms with Crippen LogP contribution in [0, 0.1) is 13.8 Å². The Morgan fingerprint density at radius 1 is 1.04 bits per heavy atom. The maximum atomic E-state index is 12.9. The van der Waals surface area contributed by atoms with Gasteiger partial charge in [0.05, 0.1) is 12.0 Å². The molecule has 0 spiro atoms. The van der Waals surface area contributed by atoms with Crippen LogP contribution >= 0.6 is 0 Å². The van der Waals surface area contributed by atoms with Crippen molar-refractivity contribution in [1.82, 2.24) is 0 Å². The molecule has 1 aromatic heterocycles. The van der Waals surface area contributed by atoms with E-state index < -0.39 is 5.97 Å². The molecule has 3 rings (SSSR count). The van der Waals surface area contributed by atoms with E-state index in [9.17, 15) is 9.59 Å². The minimum absolute atomic E-state index is 0.117. The van der Waals surface area contributed by atoms with Crippen molar-refractivity contribution in [3.8, 4) is 23.0 Å². The van der Waals surface area contributed by atoms with Crippen LogP contribution in [0.15, 0.2) is 45.6 Å². The van der Waals surface area contributed by atoms with Crippen LogP contribution in [0.3, 0.4) is 0 Å². The minimum atomic E-state index is -0.438. The summed E-state index contributed by atoms with van der Waals surface area (Å²) >= 11 is 0. The fraction of sp³-hybridized carbons (Fsp3) is 0.238. The highest BCUT2D eigenvalue weighted by Gasteiger charge is 2.17. The molecule has 0 radical (unpaired) electrons. The number of hydrogen-bond acceptors (Lipinski definition) is 6. The van der Waals surface area contributed by atoms with Gasteiger partial charge in [0.1, 0.15) is 28.6 Å². The fourth-order valence-corrected chi connectivity index (χ4v) is 2.74. The Hall–Kier alpha value is -3.28. The van der Waals surface area contributed by atoms with Crippen LogP contribution in [0.4, 0.5) is 0 Å². The van der Waals surface area contributed by atoms with E-state index in [1.807, 2.05) is 6.92 Å². The summed E-state index contributed by atoms with van der Waals surface area (Å²) in [5.41, 5.74) is 0.658. The highest BCUT2D eigenvalue weighted by atomic mass is 16.5. The molecule has 3 aromatic rings. The second-order valence-electron chi connectivity index (χ2n) is 5.98. The molecule has 1 heterocycles. The Morgan fingerprint density at radius 3 is 2.33 bits per heavy atom. The van der Waals surface area contributed by atoms with Crippen molar-refractivity contribution in [3.05, 3.63) is 57.9 Å². The molecule has 0 amide bonds. The number of ether oxygens (including phenoxy) is 3. The monoisotopic (exact) mass is 368 g/mol. The lowest BCUT2D eigenvalue weighted by Crippen LogP contribution is -2.09. The third-order valence-corrected chi connectivity index (χ3v) is 3.99. The van der Waals surface area contributed by atoms with E-state index in [1.54, 1.807) is 50.2 Å². The van der Waals surface area contributed by atoms with Crippen molar-refractivity contribution in [2.75, 3.05) is 6.61 Å². The summed E-state index contributed by atoms with van der Waals surface area (Å²) in [7, 11) is 0. The van der Waals surface area contributed by atoms with Gasteiger partial charge >= 0.3 is 5.97 Å². The van der Waals surface area contributed by atoms with Crippen molar-refractivity contribution in [2.24, 2.45) is 0 Å². The van der Waals surface area contributed by atoms with Gasteiger partial charge in [0.2, 0.25) is 11.2 Å². The maximum Gasteiger partial charge on any atom is 0.308 e. The summed E-state index contributed by atoms with van der Waals surface area (Å²) in [5, 5.41) is 0.356. The van der Waals surface area contributed by atoms with E-state index in [2.05, 4.69) is 0 Å². The van der Waals surface area contributed by atoms with E-state index in [0.717, 1.165) is 5.75 Å². The highest BCUT2D eigenvalue weighted by Crippen LogP contribution is 2.31. The molecule has 0 fully saturated rings. The molecule has 2 aromatic carbocycles. The van der Waals surface area contributed by atoms with Crippen LogP contribution in [0.2, 0.25) is 0 Å². The SMILES string of the molecule is CCOc1ccc(Oc2c(C)oc3c(C)c(OC(C)=O)ccc3c2=O)cc1. The van der Waals surface area contributed by atoms with Gasteiger partial charge in [-0.15, -0.1) is 0 Å². The maximum absolute atomic E-state index is 12.9. The van der Waals surface area contributed by atoms with Crippen molar-refractivity contribution >= 4 is 16.9 Å². The van der Waals surface area contributed by atoms with Gasteiger partial charge in [-0.3, -0.25) is 9.59 Å². The summed E-state index contributed by atoms with van der Waals surface area (Å²) in [6, 6.07) is 10.1. The van der Waals surface area contributed by atoms with E-state index in [1.165, 1.54) is 6.92 Å². The van der Waals surface area contributed by atoms with Crippen LogP contribution < -0.4 is 19.6 Å². The fourth-order valence-electron chi connectivity index (χ4n) is 2.74. The molecule has 0 bridgehead atoms. The van der Waals surface area contributed by atoms with Crippen molar-refractivity contribution in [2.45, 2.75) is 27.7 Å². The third kappa shape index (κ3) is 3.79. The zero-order valence-corrected chi connectivity index (χ0v) is 15.6. The Balaban J connectivity index is 2.02. The summed E-state index contributed by atoms with van der Waals surface area (Å²) in [6.45, 7) is 7.18. The molecular weight excluding hydrogens is 348 g/mol. The Morgan fingerprint density at radius 2 is 1.70 bits per heavy atom. The highest BCUT2D eigenvalue weighted by molar-refractivity contribution is 5.84. The van der Waals surface area contributed by atoms with Crippen LogP contribution in [-0.4, -0.2) is 12.6 Å². The average Bonchev–Trinajstić information content (AvgIpc) is 2.63. The van der Waals surface area contributed by atoms with Gasteiger partial charge in [-0.1, -0.05) is 0 Å². The standard InChI is InChI=1S/C21H20O6/c1-5-24-15-6-8-16(9-7-15)27-21-13(3)25-20-12(2)18(26-14(4)22)11-10-17(20)19(21)23/h6-11H,5H2,1-4H3. The van der Waals surface area contributed by atoms with Crippen LogP contribution in [0.1, 0.15) is 25.2 Å². The molecule has 0 N–H and O–H groups in total. The van der Waals surface area contributed by atoms with Gasteiger partial charge in [0, 0.05) is 12.5 Å². The lowest BCUT2D eigenvalue weighted by molar-refractivity contribution is -0.131. The molecule has 0 unspecified atom stereocenters. The summed E-state index contributed by atoms with van der Waals surface area (Å²) in [4.78, 5) is 24.1.